The molecule has 0 bridgehead atoms. The fourth-order valence-corrected chi connectivity index (χ4v) is 2.58. The van der Waals surface area contributed by atoms with Crippen molar-refractivity contribution in [2.24, 2.45) is 0 Å². The fraction of sp³-hybridized carbons (Fsp3) is 0.267. The Balaban J connectivity index is 2.17. The molecule has 0 aliphatic carbocycles. The first-order valence-electron chi connectivity index (χ1n) is 6.71. The van der Waals surface area contributed by atoms with E-state index in [0.717, 1.165) is 5.01 Å². The van der Waals surface area contributed by atoms with Gasteiger partial charge in [-0.2, -0.15) is 0 Å². The average molecular weight is 340 g/mol. The number of thiazole rings is 1. The summed E-state index contributed by atoms with van der Waals surface area (Å²) in [5.74, 6) is -2.21. The highest BCUT2D eigenvalue weighted by atomic mass is 32.1. The third kappa shape index (κ3) is 4.56. The zero-order chi connectivity index (χ0) is 17.0. The van der Waals surface area contributed by atoms with E-state index in [4.69, 9.17) is 5.11 Å². The van der Waals surface area contributed by atoms with Crippen molar-refractivity contribution in [3.8, 4) is 11.3 Å². The minimum absolute atomic E-state index is 0.189. The molecule has 23 heavy (non-hydrogen) atoms. The fourth-order valence-electron chi connectivity index (χ4n) is 1.96. The van der Waals surface area contributed by atoms with Gasteiger partial charge in [-0.25, -0.2) is 18.6 Å². The molecule has 8 heteroatoms. The SMILES string of the molecule is Cc1nc(-c2cccc(C(=O)NC(CC(F)F)C(=O)O)c2)cs1. The first-order valence-corrected chi connectivity index (χ1v) is 7.59. The van der Waals surface area contributed by atoms with Gasteiger partial charge in [0.25, 0.3) is 5.91 Å². The van der Waals surface area contributed by atoms with Gasteiger partial charge in [-0.1, -0.05) is 12.1 Å². The minimum atomic E-state index is -2.82. The summed E-state index contributed by atoms with van der Waals surface area (Å²) in [5.41, 5.74) is 1.58. The summed E-state index contributed by atoms with van der Waals surface area (Å²) < 4.78 is 24.7. The molecule has 0 fully saturated rings. The topological polar surface area (TPSA) is 79.3 Å². The Morgan fingerprint density at radius 1 is 1.39 bits per heavy atom. The van der Waals surface area contributed by atoms with E-state index in [-0.39, 0.29) is 5.56 Å². The van der Waals surface area contributed by atoms with Gasteiger partial charge in [-0.15, -0.1) is 11.3 Å². The summed E-state index contributed by atoms with van der Waals surface area (Å²) in [6.45, 7) is 1.85. The highest BCUT2D eigenvalue weighted by molar-refractivity contribution is 7.09. The number of carbonyl (C=O) groups excluding carboxylic acids is 1. The van der Waals surface area contributed by atoms with E-state index in [1.54, 1.807) is 18.2 Å². The van der Waals surface area contributed by atoms with E-state index in [1.165, 1.54) is 17.4 Å². The summed E-state index contributed by atoms with van der Waals surface area (Å²) in [7, 11) is 0. The zero-order valence-corrected chi connectivity index (χ0v) is 12.9. The number of aryl methyl sites for hydroxylation is 1. The maximum absolute atomic E-state index is 12.4. The molecule has 0 spiro atoms. The van der Waals surface area contributed by atoms with Crippen LogP contribution in [0.2, 0.25) is 0 Å². The van der Waals surface area contributed by atoms with E-state index >= 15 is 0 Å². The van der Waals surface area contributed by atoms with Gasteiger partial charge in [-0.3, -0.25) is 4.79 Å². The van der Waals surface area contributed by atoms with Crippen molar-refractivity contribution in [1.29, 1.82) is 0 Å². The highest BCUT2D eigenvalue weighted by Gasteiger charge is 2.24. The summed E-state index contributed by atoms with van der Waals surface area (Å²) in [5, 5.41) is 13.7. The van der Waals surface area contributed by atoms with Gasteiger partial charge >= 0.3 is 5.97 Å². The van der Waals surface area contributed by atoms with E-state index in [0.29, 0.717) is 11.3 Å². The largest absolute Gasteiger partial charge is 0.480 e. The molecule has 1 amide bonds. The minimum Gasteiger partial charge on any atom is -0.480 e. The van der Waals surface area contributed by atoms with Gasteiger partial charge in [0.05, 0.1) is 10.7 Å². The molecule has 2 rings (SSSR count). The number of aliphatic carboxylic acids is 1. The van der Waals surface area contributed by atoms with Crippen LogP contribution in [-0.4, -0.2) is 34.4 Å². The lowest BCUT2D eigenvalue weighted by atomic mass is 10.1. The van der Waals surface area contributed by atoms with E-state index < -0.39 is 30.8 Å². The number of hydrogen-bond donors (Lipinski definition) is 2. The zero-order valence-electron chi connectivity index (χ0n) is 12.1. The molecule has 1 aromatic heterocycles. The average Bonchev–Trinajstić information content (AvgIpc) is 2.92. The first-order chi connectivity index (χ1) is 10.9. The van der Waals surface area contributed by atoms with Crippen molar-refractivity contribution in [2.75, 3.05) is 0 Å². The maximum Gasteiger partial charge on any atom is 0.326 e. The number of rotatable bonds is 6. The summed E-state index contributed by atoms with van der Waals surface area (Å²) in [6.07, 6.45) is -3.76. The van der Waals surface area contributed by atoms with E-state index in [2.05, 4.69) is 10.3 Å². The van der Waals surface area contributed by atoms with Gasteiger partial charge in [-0.05, 0) is 19.1 Å². The lowest BCUT2D eigenvalue weighted by Gasteiger charge is -2.14. The van der Waals surface area contributed by atoms with Crippen LogP contribution < -0.4 is 5.32 Å². The second kappa shape index (κ2) is 7.28. The Morgan fingerprint density at radius 3 is 2.70 bits per heavy atom. The highest BCUT2D eigenvalue weighted by Crippen LogP contribution is 2.22. The molecular weight excluding hydrogens is 326 g/mol. The predicted octanol–water partition coefficient (Wildman–Crippen LogP) is 2.96. The molecule has 122 valence electrons. The van der Waals surface area contributed by atoms with Crippen LogP contribution in [-0.2, 0) is 4.79 Å². The van der Waals surface area contributed by atoms with Crippen molar-refractivity contribution in [1.82, 2.24) is 10.3 Å². The molecular formula is C15H14F2N2O3S. The molecule has 1 aromatic carbocycles. The Bertz CT molecular complexity index is 718. The summed E-state index contributed by atoms with van der Waals surface area (Å²) in [4.78, 5) is 27.3. The Hall–Kier alpha value is -2.35. The molecule has 0 radical (unpaired) electrons. The number of benzene rings is 1. The van der Waals surface area contributed by atoms with Gasteiger partial charge in [0.15, 0.2) is 0 Å². The standard InChI is InChI=1S/C15H14F2N2O3S/c1-8-18-12(7-23-8)9-3-2-4-10(5-9)14(20)19-11(15(21)22)6-13(16)17/h2-5,7,11,13H,6H2,1H3,(H,19,20)(H,21,22). The summed E-state index contributed by atoms with van der Waals surface area (Å²) >= 11 is 1.46. The van der Waals surface area contributed by atoms with Crippen LogP contribution in [0.3, 0.4) is 0 Å². The number of nitrogens with one attached hydrogen (secondary N) is 1. The predicted molar refractivity (Wildman–Crippen MR) is 81.8 cm³/mol. The van der Waals surface area contributed by atoms with Crippen LogP contribution in [0.5, 0.6) is 0 Å². The number of carboxylic acids is 1. The normalized spacial score (nSPS) is 12.2. The quantitative estimate of drug-likeness (QED) is 0.847. The van der Waals surface area contributed by atoms with Crippen LogP contribution in [0, 0.1) is 6.92 Å². The molecule has 0 saturated heterocycles. The van der Waals surface area contributed by atoms with E-state index in [1.807, 2.05) is 12.3 Å². The Labute approximate surface area is 135 Å². The number of amides is 1. The van der Waals surface area contributed by atoms with Gasteiger partial charge < -0.3 is 10.4 Å². The van der Waals surface area contributed by atoms with Crippen LogP contribution >= 0.6 is 11.3 Å². The van der Waals surface area contributed by atoms with Crippen molar-refractivity contribution in [2.45, 2.75) is 25.8 Å². The number of aromatic nitrogens is 1. The monoisotopic (exact) mass is 340 g/mol. The molecule has 0 aliphatic heterocycles. The Kier molecular flexibility index (Phi) is 5.38. The summed E-state index contributed by atoms with van der Waals surface area (Å²) in [6, 6.07) is 4.79. The maximum atomic E-state index is 12.4. The molecule has 0 aliphatic rings. The molecule has 1 unspecified atom stereocenters. The third-order valence-corrected chi connectivity index (χ3v) is 3.83. The number of carboxylic acid groups (broad SMARTS) is 1. The second-order valence-electron chi connectivity index (χ2n) is 4.82. The first kappa shape index (κ1) is 17.0. The second-order valence-corrected chi connectivity index (χ2v) is 5.89. The van der Waals surface area contributed by atoms with Crippen LogP contribution in [0.4, 0.5) is 8.78 Å². The van der Waals surface area contributed by atoms with Crippen LogP contribution in [0.25, 0.3) is 11.3 Å². The molecule has 2 N–H and O–H groups in total. The van der Waals surface area contributed by atoms with Crippen LogP contribution in [0.15, 0.2) is 29.6 Å². The van der Waals surface area contributed by atoms with Gasteiger partial charge in [0, 0.05) is 22.9 Å². The molecule has 2 aromatic rings. The lowest BCUT2D eigenvalue weighted by molar-refractivity contribution is -0.140. The van der Waals surface area contributed by atoms with Crippen molar-refractivity contribution < 1.29 is 23.5 Å². The lowest BCUT2D eigenvalue weighted by Crippen LogP contribution is -2.42. The van der Waals surface area contributed by atoms with E-state index in [9.17, 15) is 18.4 Å². The van der Waals surface area contributed by atoms with Gasteiger partial charge in [0.2, 0.25) is 6.43 Å². The smallest absolute Gasteiger partial charge is 0.326 e. The molecule has 1 heterocycles. The van der Waals surface area contributed by atoms with Crippen molar-refractivity contribution in [3.05, 3.63) is 40.2 Å². The van der Waals surface area contributed by atoms with Crippen molar-refractivity contribution >= 4 is 23.2 Å². The number of nitrogens with zero attached hydrogens (tertiary/aromatic N) is 1. The third-order valence-electron chi connectivity index (χ3n) is 3.06. The number of carbonyl (C=O) groups is 2. The van der Waals surface area contributed by atoms with Crippen molar-refractivity contribution in [3.63, 3.8) is 0 Å². The van der Waals surface area contributed by atoms with Crippen LogP contribution in [0.1, 0.15) is 21.8 Å². The number of alkyl halides is 2. The molecule has 1 atom stereocenters. The molecule has 0 saturated carbocycles. The van der Waals surface area contributed by atoms with Gasteiger partial charge in [0.1, 0.15) is 6.04 Å². The number of hydrogen-bond acceptors (Lipinski definition) is 4. The number of halogens is 2. The Morgan fingerprint density at radius 2 is 2.13 bits per heavy atom. The molecule has 5 nitrogen and oxygen atoms in total.